The van der Waals surface area contributed by atoms with E-state index in [0.29, 0.717) is 11.9 Å². The number of aromatic nitrogens is 3. The fourth-order valence-electron chi connectivity index (χ4n) is 7.07. The molecule has 0 spiro atoms. The highest BCUT2D eigenvalue weighted by atomic mass is 16.5. The van der Waals surface area contributed by atoms with E-state index in [1.165, 1.54) is 45.2 Å². The van der Waals surface area contributed by atoms with Crippen LogP contribution in [0.3, 0.4) is 0 Å². The van der Waals surface area contributed by atoms with E-state index >= 15 is 0 Å². The molecule has 3 fully saturated rings. The Morgan fingerprint density at radius 2 is 1.75 bits per heavy atom. The van der Waals surface area contributed by atoms with E-state index in [0.717, 1.165) is 51.8 Å². The van der Waals surface area contributed by atoms with E-state index in [1.807, 2.05) is 47.4 Å². The first-order chi connectivity index (χ1) is 17.7. The highest BCUT2D eigenvalue weighted by Crippen LogP contribution is 2.38. The minimum atomic E-state index is 0.488. The number of benzene rings is 2. The zero-order valence-corrected chi connectivity index (χ0v) is 20.6. The number of hydrogen-bond acceptors (Lipinski definition) is 3. The smallest absolute Gasteiger partial charge is 0.239 e. The van der Waals surface area contributed by atoms with Crippen LogP contribution in [0.5, 0.6) is 11.5 Å². The molecule has 0 radical (unpaired) electrons. The fraction of sp³-hybridized carbons (Fsp3) is 0.379. The van der Waals surface area contributed by atoms with Crippen molar-refractivity contribution in [3.63, 3.8) is 0 Å². The number of nitrogen functional groups attached to an aromatic ring is 1. The quantitative estimate of drug-likeness (QED) is 0.406. The Morgan fingerprint density at radius 1 is 0.972 bits per heavy atom. The number of fused-ring (bicyclic) bond motifs is 3. The van der Waals surface area contributed by atoms with Crippen molar-refractivity contribution < 1.29 is 19.9 Å². The van der Waals surface area contributed by atoms with E-state index in [9.17, 15) is 0 Å². The molecule has 1 aliphatic carbocycles. The number of para-hydroxylation sites is 1. The van der Waals surface area contributed by atoms with Gasteiger partial charge in [-0.25, -0.2) is 4.98 Å². The van der Waals surface area contributed by atoms with E-state index in [2.05, 4.69) is 38.2 Å². The molecule has 1 saturated carbocycles. The maximum absolute atomic E-state index is 6.43. The third kappa shape index (κ3) is 3.83. The summed E-state index contributed by atoms with van der Waals surface area (Å²) in [5, 5.41) is 3.58. The summed E-state index contributed by atoms with van der Waals surface area (Å²) in [7, 11) is 0. The van der Waals surface area contributed by atoms with Gasteiger partial charge < -0.3 is 20.7 Å². The minimum Gasteiger partial charge on any atom is -0.457 e. The maximum Gasteiger partial charge on any atom is 0.239 e. The molecule has 7 nitrogen and oxygen atoms in total. The van der Waals surface area contributed by atoms with Crippen LogP contribution in [0.25, 0.3) is 22.2 Å². The van der Waals surface area contributed by atoms with Crippen molar-refractivity contribution in [2.45, 2.75) is 56.3 Å². The number of nitrogens with zero attached hydrogens (tertiary/aromatic N) is 2. The lowest BCUT2D eigenvalue weighted by molar-refractivity contribution is -0.973. The molecule has 7 heteroatoms. The van der Waals surface area contributed by atoms with Gasteiger partial charge in [-0.15, -0.1) is 0 Å². The van der Waals surface area contributed by atoms with Crippen molar-refractivity contribution in [2.75, 3.05) is 18.8 Å². The van der Waals surface area contributed by atoms with Crippen LogP contribution in [0.4, 0.5) is 5.82 Å². The van der Waals surface area contributed by atoms with Gasteiger partial charge in [-0.1, -0.05) is 35.3 Å². The molecule has 3 aliphatic rings. The van der Waals surface area contributed by atoms with Crippen molar-refractivity contribution in [3.8, 4) is 22.6 Å². The number of piperazine rings is 1. The first-order valence-corrected chi connectivity index (χ1v) is 13.4. The summed E-state index contributed by atoms with van der Waals surface area (Å²) >= 11 is 0. The van der Waals surface area contributed by atoms with Crippen LogP contribution >= 0.6 is 0 Å². The van der Waals surface area contributed by atoms with Gasteiger partial charge in [0, 0.05) is 18.4 Å². The Kier molecular flexibility index (Phi) is 5.40. The number of hydrogen-bond donors (Lipinski definition) is 3. The van der Waals surface area contributed by atoms with Crippen LogP contribution in [0.2, 0.25) is 0 Å². The molecule has 2 saturated heterocycles. The van der Waals surface area contributed by atoms with Crippen LogP contribution in [-0.4, -0.2) is 40.8 Å². The van der Waals surface area contributed by atoms with Crippen LogP contribution in [0, 0.1) is 0 Å². The summed E-state index contributed by atoms with van der Waals surface area (Å²) in [6.45, 7) is 2.71. The second-order valence-corrected chi connectivity index (χ2v) is 10.8. The summed E-state index contributed by atoms with van der Waals surface area (Å²) in [6, 6.07) is 21.3. The number of likely N-dealkylation sites (tertiary alicyclic amines) is 1. The van der Waals surface area contributed by atoms with E-state index in [1.54, 1.807) is 6.33 Å². The van der Waals surface area contributed by atoms with Crippen molar-refractivity contribution in [1.29, 1.82) is 0 Å². The van der Waals surface area contributed by atoms with Crippen LogP contribution in [0.15, 0.2) is 67.1 Å². The minimum absolute atomic E-state index is 0.488. The molecule has 2 aliphatic heterocycles. The van der Waals surface area contributed by atoms with E-state index in [-0.39, 0.29) is 0 Å². The fourth-order valence-corrected chi connectivity index (χ4v) is 7.07. The molecule has 0 amide bonds. The van der Waals surface area contributed by atoms with Gasteiger partial charge in [-0.05, 0) is 42.7 Å². The standard InChI is InChI=1S/C29H32N6O/c30-28-27-26(19-6-12-25(13-7-19)36-24-4-2-1-3-5-24)17-35(29(27)33-18-32-28)22-10-8-21(9-11-22)34-16-20-14-23(34)15-31-20/h1-7,12-13,17-18,20-23,31H,8-11,14-16H2,(H2,30,32,33)/p+3/t20-,21?,22?,23-/m0/s1. The summed E-state index contributed by atoms with van der Waals surface area (Å²) in [5.41, 5.74) is 9.75. The molecular formula is C29H35N6O+3. The second kappa shape index (κ2) is 8.91. The van der Waals surface area contributed by atoms with Crippen LogP contribution in [-0.2, 0) is 0 Å². The first kappa shape index (κ1) is 21.8. The molecule has 4 heterocycles. The third-order valence-corrected chi connectivity index (χ3v) is 8.82. The summed E-state index contributed by atoms with van der Waals surface area (Å²) in [5.74, 6) is 2.23. The van der Waals surface area contributed by atoms with Gasteiger partial charge in [-0.2, -0.15) is 0 Å². The Hall–Kier alpha value is -3.42. The predicted octanol–water partition coefficient (Wildman–Crippen LogP) is 1.98. The topological polar surface area (TPSA) is 88.3 Å². The largest absolute Gasteiger partial charge is 0.457 e. The number of quaternary nitrogens is 2. The van der Waals surface area contributed by atoms with Gasteiger partial charge >= 0.3 is 0 Å². The molecule has 2 aromatic heterocycles. The molecule has 3 atom stereocenters. The van der Waals surface area contributed by atoms with Crippen LogP contribution in [0.1, 0.15) is 38.1 Å². The van der Waals surface area contributed by atoms with Crippen molar-refractivity contribution in [3.05, 3.63) is 67.1 Å². The highest BCUT2D eigenvalue weighted by molar-refractivity contribution is 5.99. The number of H-pyrrole nitrogens is 1. The molecule has 4 aromatic rings. The summed E-state index contributed by atoms with van der Waals surface area (Å²) < 4.78 is 8.44. The lowest BCUT2D eigenvalue weighted by atomic mass is 9.89. The number of anilines is 1. The lowest BCUT2D eigenvalue weighted by Gasteiger charge is -2.35. The maximum atomic E-state index is 6.43. The monoisotopic (exact) mass is 483 g/mol. The van der Waals surface area contributed by atoms with Gasteiger partial charge in [0.2, 0.25) is 17.8 Å². The van der Waals surface area contributed by atoms with Crippen molar-refractivity contribution in [2.24, 2.45) is 0 Å². The summed E-state index contributed by atoms with van der Waals surface area (Å²) in [4.78, 5) is 9.71. The lowest BCUT2D eigenvalue weighted by Crippen LogP contribution is -3.23. The average Bonchev–Trinajstić information content (AvgIpc) is 3.65. The molecular weight excluding hydrogens is 448 g/mol. The van der Waals surface area contributed by atoms with Crippen LogP contribution < -0.4 is 25.7 Å². The van der Waals surface area contributed by atoms with E-state index in [4.69, 9.17) is 10.5 Å². The Labute approximate surface area is 211 Å². The number of ether oxygens (including phenoxy) is 1. The van der Waals surface area contributed by atoms with Gasteiger partial charge in [0.25, 0.3) is 0 Å². The summed E-state index contributed by atoms with van der Waals surface area (Å²) in [6.07, 6.45) is 10.5. The van der Waals surface area contributed by atoms with E-state index < -0.39 is 0 Å². The van der Waals surface area contributed by atoms with Gasteiger partial charge in [0.1, 0.15) is 42.1 Å². The van der Waals surface area contributed by atoms with Crippen molar-refractivity contribution in [1.82, 2.24) is 9.55 Å². The molecule has 1 unspecified atom stereocenters. The zero-order valence-electron chi connectivity index (χ0n) is 20.6. The number of rotatable bonds is 5. The van der Waals surface area contributed by atoms with Crippen molar-refractivity contribution >= 4 is 16.9 Å². The highest BCUT2D eigenvalue weighted by Gasteiger charge is 2.49. The van der Waals surface area contributed by atoms with Gasteiger partial charge in [0.05, 0.1) is 24.7 Å². The SMILES string of the molecule is Nc1nc[nH+]c2c1c(-c1ccc(Oc3ccccc3)cc1)cn2C1CCC([NH+]2C[C@@H]3C[C@H]2C[NH2+]3)CC1. The number of aromatic amines is 1. The second-order valence-electron chi connectivity index (χ2n) is 10.8. The normalized spacial score (nSPS) is 27.5. The predicted molar refractivity (Wildman–Crippen MR) is 139 cm³/mol. The zero-order chi connectivity index (χ0) is 24.1. The van der Waals surface area contributed by atoms with Gasteiger partial charge in [-0.3, -0.25) is 4.57 Å². The Bertz CT molecular complexity index is 1360. The van der Waals surface area contributed by atoms with Gasteiger partial charge in [0.15, 0.2) is 0 Å². The molecule has 2 aromatic carbocycles. The molecule has 184 valence electrons. The Morgan fingerprint density at radius 3 is 2.47 bits per heavy atom. The molecule has 7 rings (SSSR count). The number of nitrogens with one attached hydrogen (secondary N) is 2. The molecule has 2 bridgehead atoms. The third-order valence-electron chi connectivity index (χ3n) is 8.82. The first-order valence-electron chi connectivity index (χ1n) is 13.4. The molecule has 36 heavy (non-hydrogen) atoms. The number of nitrogens with two attached hydrogens (primary N) is 2. The average molecular weight is 484 g/mol. The molecule has 6 N–H and O–H groups in total. The Balaban J connectivity index is 1.14.